The minimum absolute atomic E-state index is 0.140. The fourth-order valence-electron chi connectivity index (χ4n) is 4.08. The van der Waals surface area contributed by atoms with Crippen LogP contribution >= 0.6 is 0 Å². The second kappa shape index (κ2) is 9.24. The number of nitrogens with zero attached hydrogens (tertiary/aromatic N) is 3. The van der Waals surface area contributed by atoms with Crippen LogP contribution in [0.15, 0.2) is 88.6 Å². The summed E-state index contributed by atoms with van der Waals surface area (Å²) in [4.78, 5) is 4.65. The first kappa shape index (κ1) is 23.2. The number of methoxy groups -OCH3 is 1. The highest BCUT2D eigenvalue weighted by molar-refractivity contribution is 7.90. The van der Waals surface area contributed by atoms with Gasteiger partial charge < -0.3 is 9.26 Å². The number of fused-ring (bicyclic) bond motifs is 1. The minimum atomic E-state index is -3.66. The lowest BCUT2D eigenvalue weighted by Gasteiger charge is -2.14. The summed E-state index contributed by atoms with van der Waals surface area (Å²) < 4.78 is 50.0. The van der Waals surface area contributed by atoms with Crippen LogP contribution in [0, 0.1) is 17.1 Å². The van der Waals surface area contributed by atoms with Crippen LogP contribution in [0.5, 0.6) is 5.75 Å². The number of halogens is 1. The molecule has 0 radical (unpaired) electrons. The van der Waals surface area contributed by atoms with E-state index in [9.17, 15) is 18.1 Å². The molecule has 0 spiro atoms. The fourth-order valence-corrected chi connectivity index (χ4v) is 5.36. The van der Waals surface area contributed by atoms with Gasteiger partial charge in [-0.3, -0.25) is 4.98 Å². The fraction of sp³-hybridized carbons (Fsp3) is 0.0741. The van der Waals surface area contributed by atoms with Crippen molar-refractivity contribution in [2.24, 2.45) is 0 Å². The van der Waals surface area contributed by atoms with Crippen molar-refractivity contribution in [2.75, 3.05) is 7.11 Å². The molecule has 5 aromatic rings. The predicted octanol–water partition coefficient (Wildman–Crippen LogP) is 5.55. The molecule has 0 atom stereocenters. The Labute approximate surface area is 206 Å². The van der Waals surface area contributed by atoms with E-state index in [-0.39, 0.29) is 10.6 Å². The third-order valence-electron chi connectivity index (χ3n) is 5.77. The van der Waals surface area contributed by atoms with Crippen LogP contribution in [0.25, 0.3) is 33.2 Å². The number of sulfone groups is 1. The lowest BCUT2D eigenvalue weighted by molar-refractivity contribution is 0.413. The van der Waals surface area contributed by atoms with Gasteiger partial charge in [0, 0.05) is 28.8 Å². The van der Waals surface area contributed by atoms with Crippen LogP contribution in [0.4, 0.5) is 4.39 Å². The smallest absolute Gasteiger partial charge is 0.184 e. The number of pyridine rings is 1. The zero-order valence-electron chi connectivity index (χ0n) is 19.0. The molecule has 9 heteroatoms. The Bertz CT molecular complexity index is 1740. The normalized spacial score (nSPS) is 11.4. The quantitative estimate of drug-likeness (QED) is 0.301. The Morgan fingerprint density at radius 3 is 2.64 bits per heavy atom. The number of hydrogen-bond acceptors (Lipinski definition) is 7. The Morgan fingerprint density at radius 1 is 1.06 bits per heavy atom. The zero-order valence-corrected chi connectivity index (χ0v) is 19.8. The molecule has 0 aliphatic heterocycles. The van der Waals surface area contributed by atoms with Gasteiger partial charge in [-0.15, -0.1) is 0 Å². The predicted molar refractivity (Wildman–Crippen MR) is 131 cm³/mol. The summed E-state index contributed by atoms with van der Waals surface area (Å²) in [5.41, 5.74) is 2.79. The largest absolute Gasteiger partial charge is 0.496 e. The summed E-state index contributed by atoms with van der Waals surface area (Å²) in [6.45, 7) is 0. The third-order valence-corrected chi connectivity index (χ3v) is 7.42. The van der Waals surface area contributed by atoms with Crippen molar-refractivity contribution in [1.82, 2.24) is 10.1 Å². The second-order valence-electron chi connectivity index (χ2n) is 8.01. The molecule has 0 fully saturated rings. The van der Waals surface area contributed by atoms with Gasteiger partial charge in [0.15, 0.2) is 9.84 Å². The molecule has 3 aromatic carbocycles. The maximum absolute atomic E-state index is 13.8. The topological polar surface area (TPSA) is 106 Å². The molecule has 2 aromatic heterocycles. The number of rotatable bonds is 6. The van der Waals surface area contributed by atoms with Crippen molar-refractivity contribution in [3.05, 3.63) is 96.3 Å². The first-order chi connectivity index (χ1) is 17.4. The molecule has 0 amide bonds. The highest BCUT2D eigenvalue weighted by atomic mass is 32.2. The molecule has 0 aliphatic carbocycles. The number of aromatic nitrogens is 2. The molecule has 5 rings (SSSR count). The summed E-state index contributed by atoms with van der Waals surface area (Å²) in [7, 11) is -2.16. The van der Waals surface area contributed by atoms with E-state index in [0.717, 1.165) is 0 Å². The average molecular weight is 500 g/mol. The molecule has 7 nitrogen and oxygen atoms in total. The van der Waals surface area contributed by atoms with Gasteiger partial charge in [0.05, 0.1) is 35.0 Å². The van der Waals surface area contributed by atoms with Gasteiger partial charge in [-0.05, 0) is 53.4 Å². The van der Waals surface area contributed by atoms with Crippen molar-refractivity contribution < 1.29 is 22.1 Å². The van der Waals surface area contributed by atoms with Crippen molar-refractivity contribution >= 4 is 20.6 Å². The van der Waals surface area contributed by atoms with Gasteiger partial charge in [0.1, 0.15) is 23.6 Å². The first-order valence-electron chi connectivity index (χ1n) is 10.8. The highest BCUT2D eigenvalue weighted by Crippen LogP contribution is 2.39. The summed E-state index contributed by atoms with van der Waals surface area (Å²) >= 11 is 0. The van der Waals surface area contributed by atoms with Crippen LogP contribution in [0.1, 0.15) is 11.3 Å². The number of nitriles is 1. The molecule has 178 valence electrons. The number of hydrogen-bond donors (Lipinski definition) is 0. The number of ether oxygens (including phenoxy) is 1. The van der Waals surface area contributed by atoms with Crippen LogP contribution < -0.4 is 4.74 Å². The van der Waals surface area contributed by atoms with E-state index in [2.05, 4.69) is 16.2 Å². The average Bonchev–Trinajstić information content (AvgIpc) is 3.39. The summed E-state index contributed by atoms with van der Waals surface area (Å²) in [6.07, 6.45) is 2.89. The van der Waals surface area contributed by atoms with Crippen LogP contribution in [0.3, 0.4) is 0 Å². The molecule has 0 aliphatic rings. The zero-order chi connectivity index (χ0) is 25.3. The molecular weight excluding hydrogens is 481 g/mol. The van der Waals surface area contributed by atoms with Crippen molar-refractivity contribution in [3.63, 3.8) is 0 Å². The van der Waals surface area contributed by atoms with Gasteiger partial charge in [-0.2, -0.15) is 5.26 Å². The van der Waals surface area contributed by atoms with E-state index in [0.29, 0.717) is 50.2 Å². The van der Waals surface area contributed by atoms with Crippen molar-refractivity contribution in [3.8, 4) is 34.2 Å². The molecule has 0 bridgehead atoms. The van der Waals surface area contributed by atoms with E-state index in [1.54, 1.807) is 48.7 Å². The van der Waals surface area contributed by atoms with E-state index < -0.39 is 15.7 Å². The maximum Gasteiger partial charge on any atom is 0.184 e. The maximum atomic E-state index is 13.8. The van der Waals surface area contributed by atoms with Crippen molar-refractivity contribution in [2.45, 2.75) is 10.6 Å². The standard InChI is InChI=1S/C27H18FN3O4S/c1-34-26-14-24(17-3-2-4-20(28)11-17)19(15-29)13-25(26)27-23-6-5-22(12-18(23)7-9-30-27)36(32,33)16-21-8-10-35-31-21/h2-14H,16H2,1H3. The lowest BCUT2D eigenvalue weighted by Crippen LogP contribution is -2.05. The summed E-state index contributed by atoms with van der Waals surface area (Å²) in [6, 6.07) is 19.5. The second-order valence-corrected chi connectivity index (χ2v) is 10.0. The van der Waals surface area contributed by atoms with Gasteiger partial charge >= 0.3 is 0 Å². The van der Waals surface area contributed by atoms with E-state index in [1.165, 1.54) is 37.6 Å². The number of benzene rings is 3. The van der Waals surface area contributed by atoms with Crippen LogP contribution in [-0.4, -0.2) is 25.7 Å². The van der Waals surface area contributed by atoms with E-state index in [1.807, 2.05) is 0 Å². The Hall–Kier alpha value is -4.55. The van der Waals surface area contributed by atoms with Gasteiger partial charge in [-0.25, -0.2) is 12.8 Å². The minimum Gasteiger partial charge on any atom is -0.496 e. The molecule has 0 saturated heterocycles. The molecule has 2 heterocycles. The summed E-state index contributed by atoms with van der Waals surface area (Å²) in [5, 5.41) is 14.9. The van der Waals surface area contributed by atoms with Gasteiger partial charge in [-0.1, -0.05) is 23.4 Å². The Morgan fingerprint density at radius 2 is 1.92 bits per heavy atom. The Kier molecular flexibility index (Phi) is 5.96. The first-order valence-corrected chi connectivity index (χ1v) is 12.4. The Balaban J connectivity index is 1.63. The highest BCUT2D eigenvalue weighted by Gasteiger charge is 2.20. The van der Waals surface area contributed by atoms with Gasteiger partial charge in [0.25, 0.3) is 0 Å². The lowest BCUT2D eigenvalue weighted by atomic mass is 9.94. The van der Waals surface area contributed by atoms with Gasteiger partial charge in [0.2, 0.25) is 0 Å². The van der Waals surface area contributed by atoms with Crippen LogP contribution in [-0.2, 0) is 15.6 Å². The third kappa shape index (κ3) is 4.30. The van der Waals surface area contributed by atoms with E-state index >= 15 is 0 Å². The monoisotopic (exact) mass is 499 g/mol. The molecule has 0 N–H and O–H groups in total. The van der Waals surface area contributed by atoms with E-state index in [4.69, 9.17) is 9.26 Å². The summed E-state index contributed by atoms with van der Waals surface area (Å²) in [5.74, 6) is -0.256. The SMILES string of the molecule is COc1cc(-c2cccc(F)c2)c(C#N)cc1-c1nccc2cc(S(=O)(=O)Cc3ccon3)ccc12. The van der Waals surface area contributed by atoms with Crippen LogP contribution in [0.2, 0.25) is 0 Å². The molecule has 0 saturated carbocycles. The molecular formula is C27H18FN3O4S. The van der Waals surface area contributed by atoms with Crippen molar-refractivity contribution in [1.29, 1.82) is 5.26 Å². The molecule has 0 unspecified atom stereocenters. The molecule has 36 heavy (non-hydrogen) atoms.